The third kappa shape index (κ3) is 23.6. The molecule has 162 valence electrons. The number of unbranched alkanes of at least 4 members (excludes halogenated alkanes) is 12. The summed E-state index contributed by atoms with van der Waals surface area (Å²) in [5, 5.41) is 0. The molecule has 1 aliphatic heterocycles. The first-order chi connectivity index (χ1) is 13.2. The summed E-state index contributed by atoms with van der Waals surface area (Å²) in [6.07, 6.45) is 20.8. The van der Waals surface area contributed by atoms with Crippen LogP contribution < -0.4 is 0 Å². The van der Waals surface area contributed by atoms with E-state index in [1.807, 2.05) is 13.8 Å². The van der Waals surface area contributed by atoms with Crippen LogP contribution >= 0.6 is 0 Å². The average molecular weight is 401 g/mol. The Bertz CT molecular complexity index is 292. The molecule has 0 radical (unpaired) electrons. The number of hydrogen-bond donors (Lipinski definition) is 0. The maximum Gasteiger partial charge on any atom is 0.306 e. The van der Waals surface area contributed by atoms with Gasteiger partial charge < -0.3 is 9.16 Å². The van der Waals surface area contributed by atoms with Gasteiger partial charge in [-0.05, 0) is 32.7 Å². The molecule has 0 N–H and O–H groups in total. The van der Waals surface area contributed by atoms with Crippen LogP contribution in [0.2, 0.25) is 6.04 Å². The molecule has 0 atom stereocenters. The average Bonchev–Trinajstić information content (AvgIpc) is 2.67. The highest BCUT2D eigenvalue weighted by Crippen LogP contribution is 2.13. The van der Waals surface area contributed by atoms with Crippen molar-refractivity contribution in [3.63, 3.8) is 0 Å². The minimum absolute atomic E-state index is 0.00849. The summed E-state index contributed by atoms with van der Waals surface area (Å²) < 4.78 is 10.3. The summed E-state index contributed by atoms with van der Waals surface area (Å²) in [4.78, 5) is 11.3. The number of ether oxygens (including phenoxy) is 1. The van der Waals surface area contributed by atoms with E-state index in [0.717, 1.165) is 13.0 Å². The first kappa shape index (κ1) is 26.6. The summed E-state index contributed by atoms with van der Waals surface area (Å²) >= 11 is 0. The van der Waals surface area contributed by atoms with Crippen molar-refractivity contribution >= 4 is 15.7 Å². The summed E-state index contributed by atoms with van der Waals surface area (Å²) in [6.45, 7) is 7.14. The van der Waals surface area contributed by atoms with Gasteiger partial charge in [0, 0.05) is 13.0 Å². The molecule has 1 fully saturated rings. The van der Waals surface area contributed by atoms with E-state index in [4.69, 9.17) is 9.16 Å². The van der Waals surface area contributed by atoms with Gasteiger partial charge in [-0.25, -0.2) is 0 Å². The van der Waals surface area contributed by atoms with Gasteiger partial charge in [-0.2, -0.15) is 0 Å². The summed E-state index contributed by atoms with van der Waals surface area (Å²) in [6, 6.07) is 1.42. The Morgan fingerprint density at radius 2 is 1.37 bits per heavy atom. The topological polar surface area (TPSA) is 35.5 Å². The third-order valence-corrected chi connectivity index (χ3v) is 6.29. The number of esters is 1. The second kappa shape index (κ2) is 21.9. The minimum Gasteiger partial charge on any atom is -0.463 e. The van der Waals surface area contributed by atoms with Gasteiger partial charge in [-0.15, -0.1) is 0 Å². The van der Waals surface area contributed by atoms with E-state index in [1.54, 1.807) is 0 Å². The van der Waals surface area contributed by atoms with Crippen molar-refractivity contribution in [2.75, 3.05) is 6.61 Å². The van der Waals surface area contributed by atoms with Crippen molar-refractivity contribution in [2.24, 2.45) is 0 Å². The van der Waals surface area contributed by atoms with Crippen molar-refractivity contribution in [3.8, 4) is 0 Å². The number of carbonyl (C=O) groups is 1. The SMILES string of the molecule is C1CC[SiH2]OC1.CCCCCCCCCCCCCCCC(=O)OC(C)C. The second-order valence-electron chi connectivity index (χ2n) is 8.20. The minimum atomic E-state index is -0.0342. The van der Waals surface area contributed by atoms with Crippen LogP contribution in [0.15, 0.2) is 0 Å². The van der Waals surface area contributed by atoms with Crippen LogP contribution in [0.1, 0.15) is 124 Å². The van der Waals surface area contributed by atoms with Gasteiger partial charge in [-0.1, -0.05) is 90.4 Å². The normalized spacial score (nSPS) is 14.8. The molecule has 1 aliphatic rings. The molecular formula is C23H48O3Si. The molecule has 0 amide bonds. The Kier molecular flexibility index (Phi) is 21.7. The van der Waals surface area contributed by atoms with E-state index < -0.39 is 0 Å². The Morgan fingerprint density at radius 3 is 1.70 bits per heavy atom. The molecule has 0 aromatic rings. The van der Waals surface area contributed by atoms with Crippen molar-refractivity contribution in [2.45, 2.75) is 136 Å². The molecule has 4 heteroatoms. The Morgan fingerprint density at radius 1 is 0.852 bits per heavy atom. The molecule has 0 unspecified atom stereocenters. The van der Waals surface area contributed by atoms with Crippen molar-refractivity contribution in [1.29, 1.82) is 0 Å². The molecular weight excluding hydrogens is 352 g/mol. The lowest BCUT2D eigenvalue weighted by Gasteiger charge is -2.07. The van der Waals surface area contributed by atoms with Crippen LogP contribution in [0.3, 0.4) is 0 Å². The van der Waals surface area contributed by atoms with Crippen LogP contribution in [0.5, 0.6) is 0 Å². The van der Waals surface area contributed by atoms with Crippen LogP contribution in [-0.2, 0) is 14.0 Å². The van der Waals surface area contributed by atoms with Gasteiger partial charge in [0.05, 0.1) is 6.10 Å². The molecule has 0 aliphatic carbocycles. The molecule has 27 heavy (non-hydrogen) atoms. The van der Waals surface area contributed by atoms with Gasteiger partial charge in [0.15, 0.2) is 9.76 Å². The predicted molar refractivity (Wildman–Crippen MR) is 120 cm³/mol. The lowest BCUT2D eigenvalue weighted by atomic mass is 10.0. The van der Waals surface area contributed by atoms with E-state index in [2.05, 4.69) is 6.92 Å². The van der Waals surface area contributed by atoms with E-state index in [1.165, 1.54) is 95.9 Å². The number of carbonyl (C=O) groups excluding carboxylic acids is 1. The highest BCUT2D eigenvalue weighted by molar-refractivity contribution is 6.27. The quantitative estimate of drug-likeness (QED) is 0.174. The Labute approximate surface area is 172 Å². The fourth-order valence-electron chi connectivity index (χ4n) is 3.30. The van der Waals surface area contributed by atoms with Crippen LogP contribution in [0, 0.1) is 0 Å². The zero-order valence-corrected chi connectivity index (χ0v) is 20.2. The molecule has 1 saturated heterocycles. The third-order valence-electron chi connectivity index (χ3n) is 4.93. The fraction of sp³-hybridized carbons (Fsp3) is 0.957. The Balaban J connectivity index is 0.000000941. The summed E-state index contributed by atoms with van der Waals surface area (Å²) in [5.74, 6) is -0.0342. The maximum absolute atomic E-state index is 11.3. The van der Waals surface area contributed by atoms with Crippen molar-refractivity contribution < 1.29 is 14.0 Å². The van der Waals surface area contributed by atoms with Crippen molar-refractivity contribution in [1.82, 2.24) is 0 Å². The Hall–Kier alpha value is -0.353. The predicted octanol–water partition coefficient (Wildman–Crippen LogP) is 6.72. The smallest absolute Gasteiger partial charge is 0.306 e. The molecule has 0 aromatic heterocycles. The lowest BCUT2D eigenvalue weighted by Crippen LogP contribution is -2.10. The first-order valence-electron chi connectivity index (χ1n) is 11.9. The highest BCUT2D eigenvalue weighted by Gasteiger charge is 2.04. The van der Waals surface area contributed by atoms with Gasteiger partial charge in [0.1, 0.15) is 0 Å². The molecule has 0 saturated carbocycles. The van der Waals surface area contributed by atoms with Crippen molar-refractivity contribution in [3.05, 3.63) is 0 Å². The van der Waals surface area contributed by atoms with Gasteiger partial charge in [0.25, 0.3) is 0 Å². The fourth-order valence-corrected chi connectivity index (χ4v) is 4.47. The number of hydrogen-bond acceptors (Lipinski definition) is 3. The molecule has 1 rings (SSSR count). The van der Waals surface area contributed by atoms with Crippen LogP contribution in [0.25, 0.3) is 0 Å². The zero-order valence-electron chi connectivity index (χ0n) is 18.7. The maximum atomic E-state index is 11.3. The standard InChI is InChI=1S/C19H38O2.C4H10OSi/c1-4-5-6-7-8-9-10-11-12-13-14-15-16-17-19(20)21-18(2)3;1-2-4-6-5-3-1/h18H,4-17H2,1-3H3;1-4,6H2. The number of rotatable bonds is 15. The highest BCUT2D eigenvalue weighted by atomic mass is 28.2. The molecule has 0 bridgehead atoms. The monoisotopic (exact) mass is 400 g/mol. The molecule has 0 spiro atoms. The van der Waals surface area contributed by atoms with E-state index >= 15 is 0 Å². The lowest BCUT2D eigenvalue weighted by molar-refractivity contribution is -0.147. The summed E-state index contributed by atoms with van der Waals surface area (Å²) in [7, 11) is 0.00849. The summed E-state index contributed by atoms with van der Waals surface area (Å²) in [5.41, 5.74) is 0. The van der Waals surface area contributed by atoms with E-state index in [-0.39, 0.29) is 21.8 Å². The second-order valence-corrected chi connectivity index (χ2v) is 9.73. The van der Waals surface area contributed by atoms with Crippen LogP contribution in [0.4, 0.5) is 0 Å². The molecule has 3 nitrogen and oxygen atoms in total. The first-order valence-corrected chi connectivity index (χ1v) is 13.5. The van der Waals surface area contributed by atoms with E-state index in [9.17, 15) is 4.79 Å². The largest absolute Gasteiger partial charge is 0.463 e. The van der Waals surface area contributed by atoms with E-state index in [0.29, 0.717) is 6.42 Å². The molecule has 1 heterocycles. The van der Waals surface area contributed by atoms with Gasteiger partial charge in [-0.3, -0.25) is 4.79 Å². The van der Waals surface area contributed by atoms with Gasteiger partial charge in [0.2, 0.25) is 0 Å². The van der Waals surface area contributed by atoms with Gasteiger partial charge >= 0.3 is 5.97 Å². The zero-order chi connectivity index (χ0) is 20.0. The van der Waals surface area contributed by atoms with Crippen LogP contribution in [-0.4, -0.2) is 28.4 Å². The molecule has 0 aromatic carbocycles.